The van der Waals surface area contributed by atoms with Crippen molar-refractivity contribution in [2.24, 2.45) is 0 Å². The molecule has 2 aromatic carbocycles. The van der Waals surface area contributed by atoms with Crippen molar-refractivity contribution < 1.29 is 14.0 Å². The van der Waals surface area contributed by atoms with Crippen LogP contribution in [-0.4, -0.2) is 28.1 Å². The Hall–Kier alpha value is -3.22. The molecule has 0 bridgehead atoms. The van der Waals surface area contributed by atoms with Gasteiger partial charge < -0.3 is 10.6 Å². The van der Waals surface area contributed by atoms with Crippen molar-refractivity contribution in [2.45, 2.75) is 13.0 Å². The molecule has 0 spiro atoms. The summed E-state index contributed by atoms with van der Waals surface area (Å²) in [6.45, 7) is 1.56. The molecule has 6 nitrogen and oxygen atoms in total. The monoisotopic (exact) mass is 326 g/mol. The maximum Gasteiger partial charge on any atom is 0.273 e. The number of nitrogens with zero attached hydrogens (tertiary/aromatic N) is 1. The van der Waals surface area contributed by atoms with Crippen LogP contribution in [-0.2, 0) is 4.79 Å². The molecule has 0 saturated heterocycles. The molecule has 2 amide bonds. The standard InChI is InChI=1S/C17H15FN4O2/c1-10(16(23)20-12-8-6-11(18)7-9-12)19-17(24)15-13-4-2-3-5-14(13)21-22-15/h2-10H,1H3,(H,19,24)(H,20,23)(H,21,22). The summed E-state index contributed by atoms with van der Waals surface area (Å²) in [5.74, 6) is -1.25. The fraction of sp³-hybridized carbons (Fsp3) is 0.118. The molecular weight excluding hydrogens is 311 g/mol. The van der Waals surface area contributed by atoms with Gasteiger partial charge in [-0.2, -0.15) is 5.10 Å². The SMILES string of the molecule is CC(NC(=O)c1n[nH]c2ccccc12)C(=O)Nc1ccc(F)cc1. The number of carbonyl (C=O) groups excluding carboxylic acids is 2. The Morgan fingerprint density at radius 3 is 2.58 bits per heavy atom. The van der Waals surface area contributed by atoms with Crippen LogP contribution >= 0.6 is 0 Å². The average Bonchev–Trinajstić information content (AvgIpc) is 3.01. The second-order valence-electron chi connectivity index (χ2n) is 5.31. The highest BCUT2D eigenvalue weighted by atomic mass is 19.1. The number of hydrogen-bond acceptors (Lipinski definition) is 3. The largest absolute Gasteiger partial charge is 0.339 e. The summed E-state index contributed by atoms with van der Waals surface area (Å²) in [7, 11) is 0. The first-order valence-corrected chi connectivity index (χ1v) is 7.35. The van der Waals surface area contributed by atoms with E-state index in [1.807, 2.05) is 12.1 Å². The molecule has 3 N–H and O–H groups in total. The molecule has 1 unspecified atom stereocenters. The summed E-state index contributed by atoms with van der Waals surface area (Å²) in [5.41, 5.74) is 1.42. The van der Waals surface area contributed by atoms with Gasteiger partial charge in [-0.3, -0.25) is 14.7 Å². The number of rotatable bonds is 4. The smallest absolute Gasteiger partial charge is 0.273 e. The number of H-pyrrole nitrogens is 1. The summed E-state index contributed by atoms with van der Waals surface area (Å²) in [4.78, 5) is 24.4. The molecule has 0 saturated carbocycles. The van der Waals surface area contributed by atoms with Crippen LogP contribution in [0.2, 0.25) is 0 Å². The Kier molecular flexibility index (Phi) is 4.24. The first-order chi connectivity index (χ1) is 11.5. The molecule has 24 heavy (non-hydrogen) atoms. The van der Waals surface area contributed by atoms with Crippen molar-refractivity contribution in [1.82, 2.24) is 15.5 Å². The molecule has 7 heteroatoms. The van der Waals surface area contributed by atoms with Gasteiger partial charge in [-0.05, 0) is 37.3 Å². The van der Waals surface area contributed by atoms with E-state index >= 15 is 0 Å². The Labute approximate surface area is 137 Å². The van der Waals surface area contributed by atoms with E-state index in [0.717, 1.165) is 5.52 Å². The van der Waals surface area contributed by atoms with Gasteiger partial charge in [0, 0.05) is 11.1 Å². The van der Waals surface area contributed by atoms with Crippen LogP contribution in [0.4, 0.5) is 10.1 Å². The van der Waals surface area contributed by atoms with Crippen molar-refractivity contribution in [2.75, 3.05) is 5.32 Å². The summed E-state index contributed by atoms with van der Waals surface area (Å²) >= 11 is 0. The lowest BCUT2D eigenvalue weighted by Crippen LogP contribution is -2.41. The minimum absolute atomic E-state index is 0.229. The van der Waals surface area contributed by atoms with Crippen LogP contribution in [0.1, 0.15) is 17.4 Å². The third-order valence-corrected chi connectivity index (χ3v) is 3.54. The number of carbonyl (C=O) groups is 2. The van der Waals surface area contributed by atoms with Crippen LogP contribution in [0.3, 0.4) is 0 Å². The Morgan fingerprint density at radius 2 is 1.83 bits per heavy atom. The zero-order chi connectivity index (χ0) is 17.1. The number of aromatic amines is 1. The third-order valence-electron chi connectivity index (χ3n) is 3.54. The molecule has 3 aromatic rings. The number of benzene rings is 2. The van der Waals surface area contributed by atoms with Gasteiger partial charge in [0.25, 0.3) is 5.91 Å². The number of para-hydroxylation sites is 1. The third kappa shape index (κ3) is 3.24. The molecule has 1 atom stereocenters. The molecule has 0 fully saturated rings. The van der Waals surface area contributed by atoms with Gasteiger partial charge >= 0.3 is 0 Å². The Balaban J connectivity index is 1.67. The van der Waals surface area contributed by atoms with E-state index < -0.39 is 17.9 Å². The number of hydrogen-bond donors (Lipinski definition) is 3. The van der Waals surface area contributed by atoms with Crippen LogP contribution in [0.15, 0.2) is 48.5 Å². The van der Waals surface area contributed by atoms with E-state index in [2.05, 4.69) is 20.8 Å². The quantitative estimate of drug-likeness (QED) is 0.688. The summed E-state index contributed by atoms with van der Waals surface area (Å²) in [5, 5.41) is 12.6. The predicted octanol–water partition coefficient (Wildman–Crippen LogP) is 2.46. The fourth-order valence-corrected chi connectivity index (χ4v) is 2.25. The van der Waals surface area contributed by atoms with E-state index in [9.17, 15) is 14.0 Å². The average molecular weight is 326 g/mol. The minimum Gasteiger partial charge on any atom is -0.339 e. The molecule has 0 radical (unpaired) electrons. The zero-order valence-electron chi connectivity index (χ0n) is 12.8. The second-order valence-corrected chi connectivity index (χ2v) is 5.31. The molecule has 1 aromatic heterocycles. The highest BCUT2D eigenvalue weighted by molar-refractivity contribution is 6.06. The molecule has 0 aliphatic carbocycles. The van der Waals surface area contributed by atoms with E-state index in [0.29, 0.717) is 11.1 Å². The van der Waals surface area contributed by atoms with Gasteiger partial charge in [0.1, 0.15) is 11.9 Å². The lowest BCUT2D eigenvalue weighted by molar-refractivity contribution is -0.117. The summed E-state index contributed by atoms with van der Waals surface area (Å²) in [6.07, 6.45) is 0. The van der Waals surface area contributed by atoms with Gasteiger partial charge in [0.05, 0.1) is 5.52 Å². The summed E-state index contributed by atoms with van der Waals surface area (Å²) in [6, 6.07) is 11.8. The van der Waals surface area contributed by atoms with Crippen LogP contribution in [0.25, 0.3) is 10.9 Å². The Morgan fingerprint density at radius 1 is 1.12 bits per heavy atom. The minimum atomic E-state index is -0.780. The van der Waals surface area contributed by atoms with Gasteiger partial charge in [-0.15, -0.1) is 0 Å². The van der Waals surface area contributed by atoms with Crippen LogP contribution in [0, 0.1) is 5.82 Å². The van der Waals surface area contributed by atoms with Crippen LogP contribution in [0.5, 0.6) is 0 Å². The highest BCUT2D eigenvalue weighted by Crippen LogP contribution is 2.15. The number of aromatic nitrogens is 2. The van der Waals surface area contributed by atoms with Crippen molar-refractivity contribution in [1.29, 1.82) is 0 Å². The number of nitrogens with one attached hydrogen (secondary N) is 3. The van der Waals surface area contributed by atoms with E-state index in [1.54, 1.807) is 19.1 Å². The van der Waals surface area contributed by atoms with E-state index in [-0.39, 0.29) is 11.5 Å². The topological polar surface area (TPSA) is 86.9 Å². The molecular formula is C17H15FN4O2. The first-order valence-electron chi connectivity index (χ1n) is 7.35. The number of anilines is 1. The predicted molar refractivity (Wildman–Crippen MR) is 88.1 cm³/mol. The van der Waals surface area contributed by atoms with Gasteiger partial charge in [-0.25, -0.2) is 4.39 Å². The van der Waals surface area contributed by atoms with Gasteiger partial charge in [-0.1, -0.05) is 18.2 Å². The first kappa shape index (κ1) is 15.7. The number of halogens is 1. The normalized spacial score (nSPS) is 11.9. The van der Waals surface area contributed by atoms with Gasteiger partial charge in [0.2, 0.25) is 5.91 Å². The lowest BCUT2D eigenvalue weighted by Gasteiger charge is -2.13. The molecule has 122 valence electrons. The van der Waals surface area contributed by atoms with Gasteiger partial charge in [0.15, 0.2) is 5.69 Å². The summed E-state index contributed by atoms with van der Waals surface area (Å²) < 4.78 is 12.9. The van der Waals surface area contributed by atoms with E-state index in [4.69, 9.17) is 0 Å². The van der Waals surface area contributed by atoms with Crippen molar-refractivity contribution in [3.8, 4) is 0 Å². The lowest BCUT2D eigenvalue weighted by atomic mass is 10.2. The maximum atomic E-state index is 12.9. The number of fused-ring (bicyclic) bond motifs is 1. The molecule has 1 heterocycles. The highest BCUT2D eigenvalue weighted by Gasteiger charge is 2.20. The van der Waals surface area contributed by atoms with Crippen molar-refractivity contribution in [3.63, 3.8) is 0 Å². The zero-order valence-corrected chi connectivity index (χ0v) is 12.8. The van der Waals surface area contributed by atoms with Crippen LogP contribution < -0.4 is 10.6 Å². The second kappa shape index (κ2) is 6.49. The number of amides is 2. The fourth-order valence-electron chi connectivity index (χ4n) is 2.25. The molecule has 0 aliphatic rings. The van der Waals surface area contributed by atoms with Crippen molar-refractivity contribution >= 4 is 28.4 Å². The van der Waals surface area contributed by atoms with Crippen molar-refractivity contribution in [3.05, 3.63) is 60.0 Å². The maximum absolute atomic E-state index is 12.9. The molecule has 3 rings (SSSR count). The Bertz CT molecular complexity index is 889. The van der Waals surface area contributed by atoms with E-state index in [1.165, 1.54) is 24.3 Å². The molecule has 0 aliphatic heterocycles.